The summed E-state index contributed by atoms with van der Waals surface area (Å²) in [5.74, 6) is 0.625. The lowest BCUT2D eigenvalue weighted by Crippen LogP contribution is -2.15. The van der Waals surface area contributed by atoms with Crippen molar-refractivity contribution in [2.45, 2.75) is 26.7 Å². The summed E-state index contributed by atoms with van der Waals surface area (Å²) >= 11 is 0. The van der Waals surface area contributed by atoms with Crippen LogP contribution in [0.25, 0.3) is 0 Å². The van der Waals surface area contributed by atoms with Crippen molar-refractivity contribution >= 4 is 17.3 Å². The van der Waals surface area contributed by atoms with Gasteiger partial charge in [0.1, 0.15) is 0 Å². The van der Waals surface area contributed by atoms with Crippen LogP contribution >= 0.6 is 0 Å². The summed E-state index contributed by atoms with van der Waals surface area (Å²) in [4.78, 5) is 22.6. The molecule has 1 aromatic rings. The third kappa shape index (κ3) is 3.06. The summed E-state index contributed by atoms with van der Waals surface area (Å²) in [5, 5.41) is 3.24. The minimum atomic E-state index is 0.0576. The van der Waals surface area contributed by atoms with Gasteiger partial charge in [0, 0.05) is 29.4 Å². The van der Waals surface area contributed by atoms with Crippen molar-refractivity contribution in [1.29, 1.82) is 0 Å². The molecule has 94 valence electrons. The number of benzene rings is 1. The first kappa shape index (κ1) is 12.6. The number of Topliss-reactive ketones (excluding diaryl/α,β-unsaturated/α-hetero) is 1. The second kappa shape index (κ2) is 5.17. The maximum Gasteiger partial charge on any atom is 0.159 e. The van der Waals surface area contributed by atoms with E-state index in [0.29, 0.717) is 17.9 Å². The van der Waals surface area contributed by atoms with Crippen molar-refractivity contribution in [2.75, 3.05) is 5.32 Å². The fourth-order valence-corrected chi connectivity index (χ4v) is 2.16. The van der Waals surface area contributed by atoms with Crippen LogP contribution in [0, 0.1) is 5.92 Å². The summed E-state index contributed by atoms with van der Waals surface area (Å²) in [7, 11) is 0. The maximum absolute atomic E-state index is 11.5. The Labute approximate surface area is 107 Å². The average Bonchev–Trinajstić information content (AvgIpc) is 2.28. The Balaban J connectivity index is 2.10. The van der Waals surface area contributed by atoms with Gasteiger partial charge in [-0.1, -0.05) is 6.92 Å². The highest BCUT2D eigenvalue weighted by atomic mass is 16.1. The molecule has 0 aliphatic heterocycles. The van der Waals surface area contributed by atoms with Crippen LogP contribution in [-0.4, -0.2) is 11.6 Å². The van der Waals surface area contributed by atoms with Crippen molar-refractivity contribution in [2.24, 2.45) is 5.92 Å². The Hall–Kier alpha value is -1.90. The number of allylic oxidation sites excluding steroid dienone is 2. The molecule has 0 heterocycles. The van der Waals surface area contributed by atoms with Gasteiger partial charge in [0.2, 0.25) is 0 Å². The van der Waals surface area contributed by atoms with E-state index < -0.39 is 0 Å². The first-order valence-corrected chi connectivity index (χ1v) is 6.16. The van der Waals surface area contributed by atoms with Gasteiger partial charge in [-0.25, -0.2) is 0 Å². The summed E-state index contributed by atoms with van der Waals surface area (Å²) in [5.41, 5.74) is 2.56. The molecule has 1 atom stereocenters. The fourth-order valence-electron chi connectivity index (χ4n) is 2.16. The topological polar surface area (TPSA) is 46.2 Å². The highest BCUT2D eigenvalue weighted by Gasteiger charge is 2.16. The van der Waals surface area contributed by atoms with E-state index in [9.17, 15) is 9.59 Å². The van der Waals surface area contributed by atoms with Crippen LogP contribution in [0.5, 0.6) is 0 Å². The monoisotopic (exact) mass is 243 g/mol. The number of rotatable bonds is 3. The first-order chi connectivity index (χ1) is 8.54. The van der Waals surface area contributed by atoms with Crippen LogP contribution in [0.15, 0.2) is 36.0 Å². The predicted octanol–water partition coefficient (Wildman–Crippen LogP) is 3.18. The van der Waals surface area contributed by atoms with Gasteiger partial charge in [-0.05, 0) is 43.5 Å². The van der Waals surface area contributed by atoms with Crippen molar-refractivity contribution in [3.05, 3.63) is 41.6 Å². The van der Waals surface area contributed by atoms with Gasteiger partial charge in [-0.3, -0.25) is 9.59 Å². The predicted molar refractivity (Wildman–Crippen MR) is 71.6 cm³/mol. The van der Waals surface area contributed by atoms with Gasteiger partial charge in [0.25, 0.3) is 0 Å². The summed E-state index contributed by atoms with van der Waals surface area (Å²) in [6.07, 6.45) is 3.20. The third-order valence-electron chi connectivity index (χ3n) is 3.05. The number of hydrogen-bond acceptors (Lipinski definition) is 3. The van der Waals surface area contributed by atoms with Crippen LogP contribution in [0.4, 0.5) is 5.69 Å². The molecule has 1 unspecified atom stereocenters. The minimum absolute atomic E-state index is 0.0576. The van der Waals surface area contributed by atoms with Crippen LogP contribution in [-0.2, 0) is 4.79 Å². The molecule has 0 saturated carbocycles. The Morgan fingerprint density at radius 1 is 1.22 bits per heavy atom. The molecular formula is C15H17NO2. The average molecular weight is 243 g/mol. The third-order valence-corrected chi connectivity index (χ3v) is 3.05. The highest BCUT2D eigenvalue weighted by Crippen LogP contribution is 2.23. The van der Waals surface area contributed by atoms with Gasteiger partial charge in [0.05, 0.1) is 0 Å². The quantitative estimate of drug-likeness (QED) is 0.829. The number of ketones is 2. The molecule has 0 aromatic heterocycles. The van der Waals surface area contributed by atoms with Crippen LogP contribution in [0.1, 0.15) is 37.0 Å². The van der Waals surface area contributed by atoms with Crippen molar-refractivity contribution < 1.29 is 9.59 Å². The van der Waals surface area contributed by atoms with E-state index in [4.69, 9.17) is 0 Å². The molecule has 1 N–H and O–H groups in total. The maximum atomic E-state index is 11.5. The first-order valence-electron chi connectivity index (χ1n) is 6.16. The van der Waals surface area contributed by atoms with Crippen LogP contribution in [0.3, 0.4) is 0 Å². The Bertz CT molecular complexity index is 500. The molecule has 0 fully saturated rings. The number of nitrogens with one attached hydrogen (secondary N) is 1. The molecule has 0 saturated heterocycles. The summed E-state index contributed by atoms with van der Waals surface area (Å²) in [6.45, 7) is 3.62. The van der Waals surface area contributed by atoms with E-state index >= 15 is 0 Å². The Morgan fingerprint density at radius 2 is 1.89 bits per heavy atom. The lowest BCUT2D eigenvalue weighted by Gasteiger charge is -2.19. The van der Waals surface area contributed by atoms with Gasteiger partial charge < -0.3 is 5.32 Å². The van der Waals surface area contributed by atoms with Gasteiger partial charge in [-0.2, -0.15) is 0 Å². The smallest absolute Gasteiger partial charge is 0.159 e. The van der Waals surface area contributed by atoms with E-state index in [1.165, 1.54) is 0 Å². The van der Waals surface area contributed by atoms with E-state index in [1.807, 2.05) is 12.1 Å². The van der Waals surface area contributed by atoms with Gasteiger partial charge in [0.15, 0.2) is 11.6 Å². The molecule has 2 rings (SSSR count). The molecule has 3 nitrogen and oxygen atoms in total. The van der Waals surface area contributed by atoms with Crippen molar-refractivity contribution in [3.63, 3.8) is 0 Å². The van der Waals surface area contributed by atoms with Gasteiger partial charge >= 0.3 is 0 Å². The lowest BCUT2D eigenvalue weighted by molar-refractivity contribution is -0.115. The van der Waals surface area contributed by atoms with E-state index in [-0.39, 0.29) is 11.6 Å². The zero-order valence-corrected chi connectivity index (χ0v) is 10.7. The SMILES string of the molecule is CC(=O)c1ccc(NC2=CC(=O)CC(C)C2)cc1. The molecule has 1 aliphatic rings. The minimum Gasteiger partial charge on any atom is -0.359 e. The molecule has 0 amide bonds. The highest BCUT2D eigenvalue weighted by molar-refractivity contribution is 5.94. The van der Waals surface area contributed by atoms with E-state index in [1.54, 1.807) is 25.1 Å². The van der Waals surface area contributed by atoms with Crippen LogP contribution < -0.4 is 5.32 Å². The second-order valence-electron chi connectivity index (χ2n) is 4.91. The van der Waals surface area contributed by atoms with Crippen LogP contribution in [0.2, 0.25) is 0 Å². The zero-order chi connectivity index (χ0) is 13.1. The Morgan fingerprint density at radius 3 is 2.44 bits per heavy atom. The number of hydrogen-bond donors (Lipinski definition) is 1. The van der Waals surface area contributed by atoms with E-state index in [2.05, 4.69) is 12.2 Å². The normalized spacial score (nSPS) is 19.3. The number of carbonyl (C=O) groups excluding carboxylic acids is 2. The van der Waals surface area contributed by atoms with Crippen molar-refractivity contribution in [3.8, 4) is 0 Å². The summed E-state index contributed by atoms with van der Waals surface area (Å²) in [6, 6.07) is 7.31. The van der Waals surface area contributed by atoms with Crippen molar-refractivity contribution in [1.82, 2.24) is 0 Å². The van der Waals surface area contributed by atoms with E-state index in [0.717, 1.165) is 17.8 Å². The molecule has 1 aromatic carbocycles. The number of anilines is 1. The molecule has 0 spiro atoms. The van der Waals surface area contributed by atoms with Gasteiger partial charge in [-0.15, -0.1) is 0 Å². The molecule has 1 aliphatic carbocycles. The molecular weight excluding hydrogens is 226 g/mol. The fraction of sp³-hybridized carbons (Fsp3) is 0.333. The second-order valence-corrected chi connectivity index (χ2v) is 4.91. The Kier molecular flexibility index (Phi) is 3.60. The summed E-state index contributed by atoms with van der Waals surface area (Å²) < 4.78 is 0. The molecule has 0 bridgehead atoms. The zero-order valence-electron chi connectivity index (χ0n) is 10.7. The lowest BCUT2D eigenvalue weighted by atomic mass is 9.93. The number of carbonyl (C=O) groups is 2. The standard InChI is InChI=1S/C15H17NO2/c1-10-7-14(9-15(18)8-10)16-13-5-3-12(4-6-13)11(2)17/h3-6,9-10,16H,7-8H2,1-2H3. The molecule has 3 heteroatoms. The molecule has 18 heavy (non-hydrogen) atoms. The molecule has 0 radical (unpaired) electrons. The largest absolute Gasteiger partial charge is 0.359 e.